The fraction of sp³-hybridized carbons (Fsp3) is 0.810. The minimum absolute atomic E-state index is 0.0463. The van der Waals surface area contributed by atoms with E-state index in [1.807, 2.05) is 6.08 Å². The van der Waals surface area contributed by atoms with Crippen molar-refractivity contribution in [2.24, 2.45) is 11.8 Å². The van der Waals surface area contributed by atoms with E-state index in [2.05, 4.69) is 10.8 Å². The number of ether oxygens (including phenoxy) is 1. The van der Waals surface area contributed by atoms with Crippen molar-refractivity contribution in [3.05, 3.63) is 12.2 Å². The monoisotopic (exact) mass is 368 g/mol. The molecule has 0 spiro atoms. The van der Waals surface area contributed by atoms with Crippen LogP contribution in [0.25, 0.3) is 0 Å². The van der Waals surface area contributed by atoms with Gasteiger partial charge in [-0.25, -0.2) is 0 Å². The lowest BCUT2D eigenvalue weighted by atomic mass is 9.88. The van der Waals surface area contributed by atoms with Gasteiger partial charge in [0.25, 0.3) is 0 Å². The van der Waals surface area contributed by atoms with E-state index in [0.717, 1.165) is 64.2 Å². The molecule has 1 saturated carbocycles. The molecule has 0 aromatic heterocycles. The van der Waals surface area contributed by atoms with Crippen molar-refractivity contribution in [3.63, 3.8) is 0 Å². The lowest BCUT2D eigenvalue weighted by molar-refractivity contribution is -0.140. The molecule has 3 atom stereocenters. The summed E-state index contributed by atoms with van der Waals surface area (Å²) in [6.07, 6.45) is 14.0. The van der Waals surface area contributed by atoms with Gasteiger partial charge >= 0.3 is 5.97 Å². The summed E-state index contributed by atoms with van der Waals surface area (Å²) in [4.78, 5) is 23.2. The number of carbonyl (C=O) groups excluding carboxylic acids is 2. The van der Waals surface area contributed by atoms with Crippen LogP contribution in [0.2, 0.25) is 0 Å². The largest absolute Gasteiger partial charge is 0.469 e. The molecule has 5 nitrogen and oxygen atoms in total. The van der Waals surface area contributed by atoms with Crippen LogP contribution >= 0.6 is 0 Å². The van der Waals surface area contributed by atoms with Gasteiger partial charge in [-0.05, 0) is 32.1 Å². The number of aliphatic hydroxyl groups is 2. The molecule has 1 aliphatic carbocycles. The standard InChI is InChI=1S/C21H36O5/c1-26-21(25)14-10-6-5-9-13-18-17(19(23)16-20(18)24)12-8-4-2-3-7-11-15-22/h8,12,17-19,22-23H,2-7,9-11,13-16H2,1H3/t17-,18+,19+/m0/s1. The summed E-state index contributed by atoms with van der Waals surface area (Å²) in [5, 5.41) is 18.9. The topological polar surface area (TPSA) is 83.8 Å². The van der Waals surface area contributed by atoms with E-state index in [1.165, 1.54) is 7.11 Å². The number of carbonyl (C=O) groups is 2. The smallest absolute Gasteiger partial charge is 0.305 e. The molecule has 26 heavy (non-hydrogen) atoms. The number of unbranched alkanes of at least 4 members (excludes halogenated alkanes) is 7. The predicted molar refractivity (Wildman–Crippen MR) is 102 cm³/mol. The second kappa shape index (κ2) is 13.9. The van der Waals surface area contributed by atoms with E-state index >= 15 is 0 Å². The first-order chi connectivity index (χ1) is 12.6. The van der Waals surface area contributed by atoms with E-state index in [4.69, 9.17) is 5.11 Å². The van der Waals surface area contributed by atoms with E-state index in [0.29, 0.717) is 6.42 Å². The first-order valence-corrected chi connectivity index (χ1v) is 10.1. The minimum atomic E-state index is -0.544. The van der Waals surface area contributed by atoms with Crippen LogP contribution in [-0.4, -0.2) is 41.8 Å². The molecule has 0 aromatic rings. The molecule has 0 aliphatic heterocycles. The zero-order valence-corrected chi connectivity index (χ0v) is 16.2. The van der Waals surface area contributed by atoms with Gasteiger partial charge in [-0.15, -0.1) is 0 Å². The average molecular weight is 369 g/mol. The molecule has 0 bridgehead atoms. The lowest BCUT2D eigenvalue weighted by Gasteiger charge is -2.17. The van der Waals surface area contributed by atoms with Crippen LogP contribution in [-0.2, 0) is 14.3 Å². The molecule has 1 aliphatic rings. The van der Waals surface area contributed by atoms with Crippen LogP contribution in [0.3, 0.4) is 0 Å². The summed E-state index contributed by atoms with van der Waals surface area (Å²) in [6, 6.07) is 0. The second-order valence-electron chi connectivity index (χ2n) is 7.31. The first-order valence-electron chi connectivity index (χ1n) is 10.1. The molecule has 0 heterocycles. The van der Waals surface area contributed by atoms with Crippen molar-refractivity contribution in [1.29, 1.82) is 0 Å². The molecule has 1 rings (SSSR count). The summed E-state index contributed by atoms with van der Waals surface area (Å²) < 4.78 is 4.62. The molecule has 5 heteroatoms. The van der Waals surface area contributed by atoms with Gasteiger partial charge in [-0.3, -0.25) is 9.59 Å². The van der Waals surface area contributed by atoms with Gasteiger partial charge in [0.05, 0.1) is 13.2 Å². The Morgan fingerprint density at radius 2 is 1.81 bits per heavy atom. The second-order valence-corrected chi connectivity index (χ2v) is 7.31. The molecule has 150 valence electrons. The van der Waals surface area contributed by atoms with Crippen molar-refractivity contribution in [2.45, 2.75) is 83.2 Å². The quantitative estimate of drug-likeness (QED) is 0.278. The highest BCUT2D eigenvalue weighted by atomic mass is 16.5. The highest BCUT2D eigenvalue weighted by Gasteiger charge is 2.39. The number of rotatable bonds is 14. The zero-order chi connectivity index (χ0) is 19.2. The summed E-state index contributed by atoms with van der Waals surface area (Å²) in [5.41, 5.74) is 0. The lowest BCUT2D eigenvalue weighted by Crippen LogP contribution is -2.18. The third-order valence-electron chi connectivity index (χ3n) is 5.24. The third kappa shape index (κ3) is 8.95. The Hall–Kier alpha value is -1.20. The number of esters is 1. The average Bonchev–Trinajstić information content (AvgIpc) is 2.90. The van der Waals surface area contributed by atoms with Gasteiger partial charge in [0.15, 0.2) is 0 Å². The van der Waals surface area contributed by atoms with Crippen molar-refractivity contribution in [2.75, 3.05) is 13.7 Å². The first kappa shape index (κ1) is 22.8. The third-order valence-corrected chi connectivity index (χ3v) is 5.24. The minimum Gasteiger partial charge on any atom is -0.469 e. The van der Waals surface area contributed by atoms with Gasteiger partial charge in [0, 0.05) is 31.3 Å². The van der Waals surface area contributed by atoms with Gasteiger partial charge in [-0.1, -0.05) is 44.3 Å². The van der Waals surface area contributed by atoms with Crippen LogP contribution in [0.15, 0.2) is 12.2 Å². The Morgan fingerprint density at radius 3 is 2.54 bits per heavy atom. The van der Waals surface area contributed by atoms with Crippen molar-refractivity contribution < 1.29 is 24.5 Å². The Morgan fingerprint density at radius 1 is 1.12 bits per heavy atom. The molecule has 0 radical (unpaired) electrons. The molecule has 0 unspecified atom stereocenters. The number of allylic oxidation sites excluding steroid dienone is 1. The van der Waals surface area contributed by atoms with Crippen LogP contribution in [0.4, 0.5) is 0 Å². The fourth-order valence-electron chi connectivity index (χ4n) is 3.66. The Balaban J connectivity index is 2.26. The van der Waals surface area contributed by atoms with Gasteiger partial charge in [-0.2, -0.15) is 0 Å². The highest BCUT2D eigenvalue weighted by molar-refractivity contribution is 5.84. The molecule has 0 saturated heterocycles. The molecule has 1 fully saturated rings. The molecular formula is C21H36O5. The number of ketones is 1. The highest BCUT2D eigenvalue weighted by Crippen LogP contribution is 2.34. The molecular weight excluding hydrogens is 332 g/mol. The number of aliphatic hydroxyl groups excluding tert-OH is 2. The maximum absolute atomic E-state index is 12.2. The van der Waals surface area contributed by atoms with Crippen molar-refractivity contribution in [1.82, 2.24) is 0 Å². The molecule has 0 aromatic carbocycles. The van der Waals surface area contributed by atoms with Crippen molar-refractivity contribution >= 4 is 11.8 Å². The Kier molecular flexibility index (Phi) is 12.2. The number of hydrogen-bond donors (Lipinski definition) is 2. The van der Waals surface area contributed by atoms with Gasteiger partial charge in [0.2, 0.25) is 0 Å². The van der Waals surface area contributed by atoms with Crippen LogP contribution in [0, 0.1) is 11.8 Å². The molecule has 2 N–H and O–H groups in total. The number of hydrogen-bond acceptors (Lipinski definition) is 5. The van der Waals surface area contributed by atoms with E-state index in [-0.39, 0.29) is 36.6 Å². The maximum Gasteiger partial charge on any atom is 0.305 e. The summed E-state index contributed by atoms with van der Waals surface area (Å²) in [5.74, 6) is -0.0865. The zero-order valence-electron chi connectivity index (χ0n) is 16.2. The Labute approximate surface area is 157 Å². The SMILES string of the molecule is COC(=O)CCCCCC[C@H]1C(=O)C[C@@H](O)[C@H]1C=CCCCCCCO. The summed E-state index contributed by atoms with van der Waals surface area (Å²) in [7, 11) is 1.40. The molecule has 0 amide bonds. The van der Waals surface area contributed by atoms with Crippen molar-refractivity contribution in [3.8, 4) is 0 Å². The van der Waals surface area contributed by atoms with Crippen LogP contribution in [0.1, 0.15) is 77.0 Å². The predicted octanol–water partition coefficient (Wildman–Crippen LogP) is 3.57. The Bertz CT molecular complexity index is 432. The number of Topliss-reactive ketones (excluding diaryl/α,β-unsaturated/α-hetero) is 1. The van der Waals surface area contributed by atoms with Crippen LogP contribution in [0.5, 0.6) is 0 Å². The van der Waals surface area contributed by atoms with Crippen LogP contribution < -0.4 is 0 Å². The van der Waals surface area contributed by atoms with E-state index in [9.17, 15) is 14.7 Å². The summed E-state index contributed by atoms with van der Waals surface area (Å²) >= 11 is 0. The normalized spacial score (nSPS) is 23.0. The van der Waals surface area contributed by atoms with Gasteiger partial charge < -0.3 is 14.9 Å². The van der Waals surface area contributed by atoms with Gasteiger partial charge in [0.1, 0.15) is 5.78 Å². The number of methoxy groups -OCH3 is 1. The fourth-order valence-corrected chi connectivity index (χ4v) is 3.66. The van der Waals surface area contributed by atoms with E-state index < -0.39 is 6.10 Å². The van der Waals surface area contributed by atoms with E-state index in [1.54, 1.807) is 0 Å². The maximum atomic E-state index is 12.2. The summed E-state index contributed by atoms with van der Waals surface area (Å²) in [6.45, 7) is 0.261.